The maximum Gasteiger partial charge on any atom is 0.265 e. The summed E-state index contributed by atoms with van der Waals surface area (Å²) in [5.74, 6) is -0.602. The zero-order valence-electron chi connectivity index (χ0n) is 9.67. The van der Waals surface area contributed by atoms with Crippen molar-refractivity contribution in [2.24, 2.45) is 0 Å². The second-order valence-electron chi connectivity index (χ2n) is 3.70. The first kappa shape index (κ1) is 13.2. The molecule has 0 saturated heterocycles. The van der Waals surface area contributed by atoms with Crippen LogP contribution in [0.1, 0.15) is 21.5 Å². The lowest BCUT2D eigenvalue weighted by Crippen LogP contribution is -2.10. The van der Waals surface area contributed by atoms with Crippen molar-refractivity contribution < 1.29 is 9.18 Å². The predicted octanol–water partition coefficient (Wildman–Crippen LogP) is 4.46. The lowest BCUT2D eigenvalue weighted by molar-refractivity contribution is 0.103. The molecule has 0 aliphatic heterocycles. The molecule has 1 aromatic heterocycles. The van der Waals surface area contributed by atoms with Crippen LogP contribution in [0.5, 0.6) is 0 Å². The topological polar surface area (TPSA) is 29.1 Å². The molecule has 1 heterocycles. The highest BCUT2D eigenvalue weighted by Gasteiger charge is 2.10. The lowest BCUT2D eigenvalue weighted by Gasteiger charge is -2.04. The Kier molecular flexibility index (Phi) is 4.14. The van der Waals surface area contributed by atoms with Crippen molar-refractivity contribution in [3.8, 4) is 0 Å². The highest BCUT2D eigenvalue weighted by Crippen LogP contribution is 2.21. The van der Waals surface area contributed by atoms with Gasteiger partial charge in [0.15, 0.2) is 0 Å². The first-order chi connectivity index (χ1) is 8.60. The lowest BCUT2D eigenvalue weighted by atomic mass is 10.3. The third-order valence-corrected chi connectivity index (χ3v) is 4.28. The van der Waals surface area contributed by atoms with Gasteiger partial charge < -0.3 is 5.32 Å². The van der Waals surface area contributed by atoms with Crippen LogP contribution in [0.25, 0.3) is 0 Å². The summed E-state index contributed by atoms with van der Waals surface area (Å²) in [5.41, 5.74) is 0.451. The van der Waals surface area contributed by atoms with E-state index in [4.69, 9.17) is 0 Å². The van der Waals surface area contributed by atoms with Crippen LogP contribution >= 0.6 is 27.3 Å². The standard InChI is InChI=1S/C13H11BrFNOS/c1-2-9-4-6-12(18-9)13(17)16-8-3-5-10(14)11(15)7-8/h3-7H,2H2,1H3,(H,16,17). The van der Waals surface area contributed by atoms with Gasteiger partial charge >= 0.3 is 0 Å². The molecule has 1 N–H and O–H groups in total. The normalized spacial score (nSPS) is 10.4. The van der Waals surface area contributed by atoms with Gasteiger partial charge in [0.1, 0.15) is 5.82 Å². The Morgan fingerprint density at radius 3 is 2.78 bits per heavy atom. The SMILES string of the molecule is CCc1ccc(C(=O)Nc2ccc(Br)c(F)c2)s1. The average Bonchev–Trinajstić information content (AvgIpc) is 2.82. The van der Waals surface area contributed by atoms with E-state index in [0.717, 1.165) is 11.3 Å². The average molecular weight is 328 g/mol. The van der Waals surface area contributed by atoms with Crippen molar-refractivity contribution in [2.45, 2.75) is 13.3 Å². The van der Waals surface area contributed by atoms with Crippen LogP contribution in [0.15, 0.2) is 34.8 Å². The van der Waals surface area contributed by atoms with Crippen LogP contribution in [-0.2, 0) is 6.42 Å². The molecule has 18 heavy (non-hydrogen) atoms. The minimum atomic E-state index is -0.395. The van der Waals surface area contributed by atoms with Gasteiger partial charge in [-0.25, -0.2) is 4.39 Å². The fourth-order valence-corrected chi connectivity index (χ4v) is 2.55. The zero-order chi connectivity index (χ0) is 13.1. The molecule has 5 heteroatoms. The smallest absolute Gasteiger partial charge is 0.265 e. The van der Waals surface area contributed by atoms with Gasteiger partial charge in [-0.3, -0.25) is 4.79 Å². The maximum absolute atomic E-state index is 13.3. The number of rotatable bonds is 3. The number of hydrogen-bond donors (Lipinski definition) is 1. The molecule has 1 amide bonds. The van der Waals surface area contributed by atoms with Gasteiger partial charge in [0.05, 0.1) is 9.35 Å². The van der Waals surface area contributed by atoms with Crippen LogP contribution in [0, 0.1) is 5.82 Å². The van der Waals surface area contributed by atoms with E-state index in [-0.39, 0.29) is 5.91 Å². The molecule has 94 valence electrons. The molecule has 0 bridgehead atoms. The van der Waals surface area contributed by atoms with Crippen molar-refractivity contribution in [1.82, 2.24) is 0 Å². The molecule has 0 fully saturated rings. The predicted molar refractivity (Wildman–Crippen MR) is 75.8 cm³/mol. The molecule has 0 radical (unpaired) electrons. The Morgan fingerprint density at radius 1 is 1.39 bits per heavy atom. The Morgan fingerprint density at radius 2 is 2.17 bits per heavy atom. The number of benzene rings is 1. The first-order valence-corrected chi connectivity index (χ1v) is 7.06. The summed E-state index contributed by atoms with van der Waals surface area (Å²) in [6.07, 6.45) is 0.908. The Bertz CT molecular complexity index is 582. The molecule has 1 aromatic carbocycles. The van der Waals surface area contributed by atoms with E-state index in [0.29, 0.717) is 15.0 Å². The van der Waals surface area contributed by atoms with Gasteiger partial charge in [-0.15, -0.1) is 11.3 Å². The third-order valence-electron chi connectivity index (χ3n) is 2.41. The minimum Gasteiger partial charge on any atom is -0.321 e. The summed E-state index contributed by atoms with van der Waals surface area (Å²) in [4.78, 5) is 13.7. The van der Waals surface area contributed by atoms with E-state index >= 15 is 0 Å². The molecule has 0 aliphatic carbocycles. The van der Waals surface area contributed by atoms with Gasteiger partial charge in [-0.05, 0) is 52.7 Å². The summed E-state index contributed by atoms with van der Waals surface area (Å²) < 4.78 is 13.7. The Balaban J connectivity index is 2.13. The van der Waals surface area contributed by atoms with Crippen LogP contribution in [0.3, 0.4) is 0 Å². The van der Waals surface area contributed by atoms with Crippen molar-refractivity contribution >= 4 is 38.9 Å². The van der Waals surface area contributed by atoms with Gasteiger partial charge in [0.25, 0.3) is 5.91 Å². The number of aryl methyl sites for hydroxylation is 1. The molecule has 2 aromatic rings. The highest BCUT2D eigenvalue weighted by atomic mass is 79.9. The Labute approximate surface area is 117 Å². The number of anilines is 1. The van der Waals surface area contributed by atoms with Crippen molar-refractivity contribution in [2.75, 3.05) is 5.32 Å². The second-order valence-corrected chi connectivity index (χ2v) is 5.73. The van der Waals surface area contributed by atoms with Gasteiger partial charge in [-0.1, -0.05) is 6.92 Å². The van der Waals surface area contributed by atoms with E-state index in [2.05, 4.69) is 21.2 Å². The van der Waals surface area contributed by atoms with Crippen LogP contribution < -0.4 is 5.32 Å². The van der Waals surface area contributed by atoms with Crippen molar-refractivity contribution in [1.29, 1.82) is 0 Å². The van der Waals surface area contributed by atoms with E-state index in [1.807, 2.05) is 13.0 Å². The first-order valence-electron chi connectivity index (χ1n) is 5.45. The van der Waals surface area contributed by atoms with Crippen LogP contribution in [0.2, 0.25) is 0 Å². The molecule has 2 nitrogen and oxygen atoms in total. The van der Waals surface area contributed by atoms with E-state index in [9.17, 15) is 9.18 Å². The number of carbonyl (C=O) groups is 1. The molecule has 0 saturated carbocycles. The second kappa shape index (κ2) is 5.63. The molecule has 2 rings (SSSR count). The quantitative estimate of drug-likeness (QED) is 0.885. The number of halogens is 2. The zero-order valence-corrected chi connectivity index (χ0v) is 12.1. The molecular formula is C13H11BrFNOS. The molecule has 0 aliphatic rings. The van der Waals surface area contributed by atoms with Crippen LogP contribution in [0.4, 0.5) is 10.1 Å². The summed E-state index contributed by atoms with van der Waals surface area (Å²) in [6.45, 7) is 2.04. The maximum atomic E-state index is 13.3. The number of thiophene rings is 1. The molecule has 0 atom stereocenters. The molecular weight excluding hydrogens is 317 g/mol. The number of amides is 1. The monoisotopic (exact) mass is 327 g/mol. The summed E-state index contributed by atoms with van der Waals surface area (Å²) in [6, 6.07) is 8.22. The molecule has 0 spiro atoms. The number of nitrogens with one attached hydrogen (secondary N) is 1. The van der Waals surface area contributed by atoms with Crippen LogP contribution in [-0.4, -0.2) is 5.91 Å². The van der Waals surface area contributed by atoms with Crippen molar-refractivity contribution in [3.63, 3.8) is 0 Å². The molecule has 0 unspecified atom stereocenters. The summed E-state index contributed by atoms with van der Waals surface area (Å²) in [7, 11) is 0. The third kappa shape index (κ3) is 2.97. The van der Waals surface area contributed by atoms with Gasteiger partial charge in [0.2, 0.25) is 0 Å². The summed E-state index contributed by atoms with van der Waals surface area (Å²) >= 11 is 4.52. The summed E-state index contributed by atoms with van der Waals surface area (Å²) in [5, 5.41) is 2.67. The number of carbonyl (C=O) groups excluding carboxylic acids is 1. The van der Waals surface area contributed by atoms with Crippen molar-refractivity contribution in [3.05, 3.63) is 50.4 Å². The van der Waals surface area contributed by atoms with E-state index in [1.54, 1.807) is 18.2 Å². The fourth-order valence-electron chi connectivity index (χ4n) is 1.46. The minimum absolute atomic E-state index is 0.207. The highest BCUT2D eigenvalue weighted by molar-refractivity contribution is 9.10. The van der Waals surface area contributed by atoms with Gasteiger partial charge in [0, 0.05) is 10.6 Å². The van der Waals surface area contributed by atoms with Gasteiger partial charge in [-0.2, -0.15) is 0 Å². The van der Waals surface area contributed by atoms with E-state index in [1.165, 1.54) is 17.4 Å². The Hall–Kier alpha value is -1.20. The fraction of sp³-hybridized carbons (Fsp3) is 0.154. The number of hydrogen-bond acceptors (Lipinski definition) is 2. The van der Waals surface area contributed by atoms with E-state index < -0.39 is 5.82 Å². The largest absolute Gasteiger partial charge is 0.321 e.